The highest BCUT2D eigenvalue weighted by Crippen LogP contribution is 2.18. The van der Waals surface area contributed by atoms with Crippen LogP contribution in [0.5, 0.6) is 5.75 Å². The number of carboxylic acid groups (broad SMARTS) is 1. The van der Waals surface area contributed by atoms with Crippen LogP contribution in [-0.2, 0) is 22.4 Å². The molecule has 1 atom stereocenters. The molecule has 0 aliphatic heterocycles. The van der Waals surface area contributed by atoms with Crippen molar-refractivity contribution in [1.29, 1.82) is 0 Å². The van der Waals surface area contributed by atoms with Crippen LogP contribution in [0.4, 0.5) is 0 Å². The number of nitrogens with one attached hydrogen (secondary N) is 1. The van der Waals surface area contributed by atoms with Gasteiger partial charge in [-0.3, -0.25) is 9.59 Å². The summed E-state index contributed by atoms with van der Waals surface area (Å²) in [5.74, 6) is -0.959. The monoisotopic (exact) mass is 341 g/mol. The van der Waals surface area contributed by atoms with Gasteiger partial charge in [-0.1, -0.05) is 48.5 Å². The standard InChI is InChI=1S/C20H23NO4/c1-25-18-10-6-5-9-16(18)11-12-19(22)21-14-17(20(23)24)13-15-7-3-2-4-8-15/h2-10,17H,11-14H2,1H3,(H,21,22)(H,23,24). The van der Waals surface area contributed by atoms with Gasteiger partial charge in [0.05, 0.1) is 13.0 Å². The summed E-state index contributed by atoms with van der Waals surface area (Å²) in [5.41, 5.74) is 1.90. The molecular weight excluding hydrogens is 318 g/mol. The lowest BCUT2D eigenvalue weighted by Crippen LogP contribution is -2.34. The number of aliphatic carboxylic acids is 1. The number of carbonyl (C=O) groups excluding carboxylic acids is 1. The SMILES string of the molecule is COc1ccccc1CCC(=O)NCC(Cc1ccccc1)C(=O)O. The molecule has 0 saturated carbocycles. The summed E-state index contributed by atoms with van der Waals surface area (Å²) in [6.07, 6.45) is 1.23. The minimum atomic E-state index is -0.908. The van der Waals surface area contributed by atoms with E-state index in [4.69, 9.17) is 4.74 Å². The third-order valence-electron chi connectivity index (χ3n) is 4.03. The molecule has 0 fully saturated rings. The predicted octanol–water partition coefficient (Wildman–Crippen LogP) is 2.69. The second-order valence-corrected chi connectivity index (χ2v) is 5.84. The predicted molar refractivity (Wildman–Crippen MR) is 95.6 cm³/mol. The van der Waals surface area contributed by atoms with Crippen molar-refractivity contribution in [2.75, 3.05) is 13.7 Å². The number of hydrogen-bond acceptors (Lipinski definition) is 3. The van der Waals surface area contributed by atoms with Gasteiger partial charge in [0.15, 0.2) is 0 Å². The molecule has 0 bridgehead atoms. The van der Waals surface area contributed by atoms with Gasteiger partial charge >= 0.3 is 5.97 Å². The second-order valence-electron chi connectivity index (χ2n) is 5.84. The number of ether oxygens (including phenoxy) is 1. The van der Waals surface area contributed by atoms with Gasteiger partial charge < -0.3 is 15.2 Å². The second kappa shape index (κ2) is 9.47. The Labute approximate surface area is 147 Å². The summed E-state index contributed by atoms with van der Waals surface area (Å²) >= 11 is 0. The molecule has 5 nitrogen and oxygen atoms in total. The number of para-hydroxylation sites is 1. The number of rotatable bonds is 9. The van der Waals surface area contributed by atoms with E-state index < -0.39 is 11.9 Å². The van der Waals surface area contributed by atoms with Crippen LogP contribution in [0.1, 0.15) is 17.5 Å². The van der Waals surface area contributed by atoms with Crippen molar-refractivity contribution in [2.45, 2.75) is 19.3 Å². The van der Waals surface area contributed by atoms with Crippen molar-refractivity contribution in [3.8, 4) is 5.75 Å². The summed E-state index contributed by atoms with van der Waals surface area (Å²) in [5, 5.41) is 12.1. The first kappa shape index (κ1) is 18.5. The smallest absolute Gasteiger partial charge is 0.308 e. The molecular formula is C20H23NO4. The maximum atomic E-state index is 12.1. The number of benzene rings is 2. The molecule has 25 heavy (non-hydrogen) atoms. The molecule has 0 saturated heterocycles. The molecule has 132 valence electrons. The Bertz CT molecular complexity index is 700. The Morgan fingerprint density at radius 2 is 1.76 bits per heavy atom. The molecule has 2 aromatic rings. The average molecular weight is 341 g/mol. The fourth-order valence-corrected chi connectivity index (χ4v) is 2.63. The van der Waals surface area contributed by atoms with E-state index in [1.807, 2.05) is 54.6 Å². The van der Waals surface area contributed by atoms with Gasteiger partial charge in [0, 0.05) is 13.0 Å². The zero-order valence-electron chi connectivity index (χ0n) is 14.3. The van der Waals surface area contributed by atoms with Crippen molar-refractivity contribution in [3.63, 3.8) is 0 Å². The van der Waals surface area contributed by atoms with Gasteiger partial charge in [-0.2, -0.15) is 0 Å². The van der Waals surface area contributed by atoms with Crippen molar-refractivity contribution < 1.29 is 19.4 Å². The van der Waals surface area contributed by atoms with Crippen LogP contribution in [0.3, 0.4) is 0 Å². The van der Waals surface area contributed by atoms with Crippen LogP contribution in [0, 0.1) is 5.92 Å². The molecule has 0 aliphatic rings. The van der Waals surface area contributed by atoms with E-state index in [-0.39, 0.29) is 18.9 Å². The van der Waals surface area contributed by atoms with E-state index >= 15 is 0 Å². The molecule has 2 rings (SSSR count). The van der Waals surface area contributed by atoms with Gasteiger partial charge in [-0.05, 0) is 30.0 Å². The first-order valence-electron chi connectivity index (χ1n) is 8.25. The molecule has 0 aliphatic carbocycles. The highest BCUT2D eigenvalue weighted by molar-refractivity contribution is 5.77. The number of aryl methyl sites for hydroxylation is 1. The molecule has 0 heterocycles. The van der Waals surface area contributed by atoms with E-state index in [9.17, 15) is 14.7 Å². The first-order chi connectivity index (χ1) is 12.1. The Morgan fingerprint density at radius 3 is 2.44 bits per heavy atom. The Hall–Kier alpha value is -2.82. The zero-order valence-corrected chi connectivity index (χ0v) is 14.3. The third-order valence-corrected chi connectivity index (χ3v) is 4.03. The van der Waals surface area contributed by atoms with Crippen LogP contribution < -0.4 is 10.1 Å². The van der Waals surface area contributed by atoms with E-state index in [1.165, 1.54) is 0 Å². The maximum absolute atomic E-state index is 12.1. The fourth-order valence-electron chi connectivity index (χ4n) is 2.63. The van der Waals surface area contributed by atoms with Gasteiger partial charge in [0.2, 0.25) is 5.91 Å². The van der Waals surface area contributed by atoms with Crippen LogP contribution in [-0.4, -0.2) is 30.6 Å². The number of methoxy groups -OCH3 is 1. The molecule has 2 aromatic carbocycles. The fraction of sp³-hybridized carbons (Fsp3) is 0.300. The first-order valence-corrected chi connectivity index (χ1v) is 8.25. The molecule has 0 radical (unpaired) electrons. The van der Waals surface area contributed by atoms with Gasteiger partial charge in [-0.25, -0.2) is 0 Å². The minimum absolute atomic E-state index is 0.120. The number of hydrogen-bond donors (Lipinski definition) is 2. The minimum Gasteiger partial charge on any atom is -0.496 e. The Balaban J connectivity index is 1.83. The van der Waals surface area contributed by atoms with Gasteiger partial charge in [0.25, 0.3) is 0 Å². The van der Waals surface area contributed by atoms with E-state index in [1.54, 1.807) is 7.11 Å². The number of carbonyl (C=O) groups is 2. The topological polar surface area (TPSA) is 75.6 Å². The molecule has 0 spiro atoms. The Kier molecular flexibility index (Phi) is 7.01. The number of amides is 1. The molecule has 0 aromatic heterocycles. The normalized spacial score (nSPS) is 11.6. The summed E-state index contributed by atoms with van der Waals surface area (Å²) in [4.78, 5) is 23.5. The van der Waals surface area contributed by atoms with Crippen LogP contribution in [0.15, 0.2) is 54.6 Å². The van der Waals surface area contributed by atoms with Crippen molar-refractivity contribution in [1.82, 2.24) is 5.32 Å². The van der Waals surface area contributed by atoms with E-state index in [0.29, 0.717) is 12.8 Å². The van der Waals surface area contributed by atoms with Gasteiger partial charge in [0.1, 0.15) is 5.75 Å². The van der Waals surface area contributed by atoms with E-state index in [0.717, 1.165) is 16.9 Å². The third kappa shape index (κ3) is 5.95. The van der Waals surface area contributed by atoms with Crippen molar-refractivity contribution in [2.24, 2.45) is 5.92 Å². The number of carboxylic acids is 1. The highest BCUT2D eigenvalue weighted by Gasteiger charge is 2.19. The largest absolute Gasteiger partial charge is 0.496 e. The molecule has 1 amide bonds. The molecule has 2 N–H and O–H groups in total. The summed E-state index contributed by atoms with van der Waals surface area (Å²) in [7, 11) is 1.60. The Morgan fingerprint density at radius 1 is 1.08 bits per heavy atom. The average Bonchev–Trinajstić information content (AvgIpc) is 2.64. The van der Waals surface area contributed by atoms with E-state index in [2.05, 4.69) is 5.32 Å². The van der Waals surface area contributed by atoms with Crippen LogP contribution in [0.25, 0.3) is 0 Å². The van der Waals surface area contributed by atoms with Crippen molar-refractivity contribution >= 4 is 11.9 Å². The summed E-state index contributed by atoms with van der Waals surface area (Å²) < 4.78 is 5.26. The summed E-state index contributed by atoms with van der Waals surface area (Å²) in [6.45, 7) is 0.120. The maximum Gasteiger partial charge on any atom is 0.308 e. The quantitative estimate of drug-likeness (QED) is 0.735. The summed E-state index contributed by atoms with van der Waals surface area (Å²) in [6, 6.07) is 17.0. The van der Waals surface area contributed by atoms with Crippen LogP contribution >= 0.6 is 0 Å². The lowest BCUT2D eigenvalue weighted by molar-refractivity contribution is -0.141. The highest BCUT2D eigenvalue weighted by atomic mass is 16.5. The lowest BCUT2D eigenvalue weighted by Gasteiger charge is -2.14. The molecule has 1 unspecified atom stereocenters. The zero-order chi connectivity index (χ0) is 18.1. The van der Waals surface area contributed by atoms with Crippen LogP contribution in [0.2, 0.25) is 0 Å². The van der Waals surface area contributed by atoms with Gasteiger partial charge in [-0.15, -0.1) is 0 Å². The van der Waals surface area contributed by atoms with Crippen molar-refractivity contribution in [3.05, 3.63) is 65.7 Å². The lowest BCUT2D eigenvalue weighted by atomic mass is 9.99. The molecule has 5 heteroatoms.